The third-order valence-electron chi connectivity index (χ3n) is 4.27. The molecule has 0 spiro atoms. The van der Waals surface area contributed by atoms with Crippen molar-refractivity contribution in [2.24, 2.45) is 11.8 Å². The number of fused-ring (bicyclic) bond motifs is 2. The maximum Gasteiger partial charge on any atom is 0.147 e. The Bertz CT molecular complexity index is 413. The normalized spacial score (nSPS) is 29.7. The fourth-order valence-electron chi connectivity index (χ4n) is 3.38. The van der Waals surface area contributed by atoms with Gasteiger partial charge in [-0.2, -0.15) is 0 Å². The monoisotopic (exact) mass is 260 g/mol. The number of carbonyl (C=O) groups excluding carboxylic acids is 1. The molecule has 3 atom stereocenters. The molecular formula is C16H20O3. The van der Waals surface area contributed by atoms with E-state index in [0.29, 0.717) is 43.9 Å². The number of hydrogen-bond acceptors (Lipinski definition) is 3. The third-order valence-corrected chi connectivity index (χ3v) is 4.27. The molecular weight excluding hydrogens is 240 g/mol. The van der Waals surface area contributed by atoms with E-state index in [-0.39, 0.29) is 6.10 Å². The molecule has 0 aliphatic heterocycles. The van der Waals surface area contributed by atoms with E-state index in [2.05, 4.69) is 0 Å². The van der Waals surface area contributed by atoms with E-state index in [1.165, 1.54) is 0 Å². The van der Waals surface area contributed by atoms with Crippen molar-refractivity contribution in [2.75, 3.05) is 6.79 Å². The van der Waals surface area contributed by atoms with Crippen LogP contribution < -0.4 is 0 Å². The first kappa shape index (κ1) is 12.8. The number of ketones is 1. The van der Waals surface area contributed by atoms with Gasteiger partial charge in [-0.1, -0.05) is 30.3 Å². The molecule has 2 aliphatic rings. The lowest BCUT2D eigenvalue weighted by Gasteiger charge is -2.29. The number of ether oxygens (including phenoxy) is 2. The van der Waals surface area contributed by atoms with Crippen LogP contribution in [0.5, 0.6) is 0 Å². The summed E-state index contributed by atoms with van der Waals surface area (Å²) < 4.78 is 11.4. The van der Waals surface area contributed by atoms with Gasteiger partial charge in [-0.15, -0.1) is 0 Å². The summed E-state index contributed by atoms with van der Waals surface area (Å²) in [4.78, 5) is 11.5. The summed E-state index contributed by atoms with van der Waals surface area (Å²) in [5, 5.41) is 0. The number of carbonyl (C=O) groups is 1. The van der Waals surface area contributed by atoms with E-state index >= 15 is 0 Å². The zero-order valence-corrected chi connectivity index (χ0v) is 11.1. The molecule has 0 unspecified atom stereocenters. The molecule has 2 bridgehead atoms. The molecule has 3 nitrogen and oxygen atoms in total. The highest BCUT2D eigenvalue weighted by atomic mass is 16.7. The molecule has 19 heavy (non-hydrogen) atoms. The SMILES string of the molecule is O=C1C[C@H]2CC[C@@H](C1)[C@H]2OCOCc1ccccc1. The molecule has 0 saturated heterocycles. The van der Waals surface area contributed by atoms with Crippen LogP contribution in [0.25, 0.3) is 0 Å². The van der Waals surface area contributed by atoms with E-state index in [9.17, 15) is 4.79 Å². The first-order chi connectivity index (χ1) is 9.33. The van der Waals surface area contributed by atoms with Crippen molar-refractivity contribution in [3.05, 3.63) is 35.9 Å². The second-order valence-electron chi connectivity index (χ2n) is 5.63. The number of rotatable bonds is 5. The lowest BCUT2D eigenvalue weighted by Crippen LogP contribution is -2.33. The van der Waals surface area contributed by atoms with Gasteiger partial charge in [-0.25, -0.2) is 0 Å². The topological polar surface area (TPSA) is 35.5 Å². The van der Waals surface area contributed by atoms with Gasteiger partial charge < -0.3 is 9.47 Å². The van der Waals surface area contributed by atoms with Crippen LogP contribution in [-0.2, 0) is 20.9 Å². The minimum atomic E-state index is 0.244. The Labute approximate surface area is 113 Å². The Morgan fingerprint density at radius 2 is 1.74 bits per heavy atom. The standard InChI is InChI=1S/C16H20O3/c17-15-8-13-6-7-14(9-15)16(13)19-11-18-10-12-4-2-1-3-5-12/h1-5,13-14,16H,6-11H2/t13-,14+,16+. The van der Waals surface area contributed by atoms with E-state index < -0.39 is 0 Å². The Balaban J connectivity index is 1.42. The molecule has 0 aromatic heterocycles. The molecule has 0 amide bonds. The fraction of sp³-hybridized carbons (Fsp3) is 0.562. The molecule has 102 valence electrons. The van der Waals surface area contributed by atoms with E-state index in [1.807, 2.05) is 30.3 Å². The maximum atomic E-state index is 11.5. The van der Waals surface area contributed by atoms with Gasteiger partial charge >= 0.3 is 0 Å². The van der Waals surface area contributed by atoms with Crippen LogP contribution in [0.3, 0.4) is 0 Å². The lowest BCUT2D eigenvalue weighted by molar-refractivity contribution is -0.142. The highest BCUT2D eigenvalue weighted by Gasteiger charge is 2.42. The van der Waals surface area contributed by atoms with Gasteiger partial charge in [0.25, 0.3) is 0 Å². The molecule has 2 fully saturated rings. The first-order valence-corrected chi connectivity index (χ1v) is 7.08. The van der Waals surface area contributed by atoms with Crippen LogP contribution in [0.15, 0.2) is 30.3 Å². The van der Waals surface area contributed by atoms with Gasteiger partial charge in [0.05, 0.1) is 12.7 Å². The predicted molar refractivity (Wildman–Crippen MR) is 71.4 cm³/mol. The van der Waals surface area contributed by atoms with E-state index in [4.69, 9.17) is 9.47 Å². The molecule has 3 heteroatoms. The van der Waals surface area contributed by atoms with E-state index in [1.54, 1.807) is 0 Å². The van der Waals surface area contributed by atoms with Gasteiger partial charge in [0, 0.05) is 12.8 Å². The van der Waals surface area contributed by atoms with Gasteiger partial charge in [-0.05, 0) is 30.2 Å². The Morgan fingerprint density at radius 1 is 1.05 bits per heavy atom. The highest BCUT2D eigenvalue weighted by Crippen LogP contribution is 2.42. The second-order valence-corrected chi connectivity index (χ2v) is 5.63. The van der Waals surface area contributed by atoms with Crippen molar-refractivity contribution < 1.29 is 14.3 Å². The van der Waals surface area contributed by atoms with Crippen molar-refractivity contribution in [3.8, 4) is 0 Å². The average Bonchev–Trinajstić information content (AvgIpc) is 2.67. The predicted octanol–water partition coefficient (Wildman–Crippen LogP) is 2.94. The third kappa shape index (κ3) is 3.04. The summed E-state index contributed by atoms with van der Waals surface area (Å²) in [7, 11) is 0. The quantitative estimate of drug-likeness (QED) is 0.603. The van der Waals surface area contributed by atoms with Crippen molar-refractivity contribution in [3.63, 3.8) is 0 Å². The van der Waals surface area contributed by atoms with Crippen LogP contribution in [0.2, 0.25) is 0 Å². The molecule has 2 aliphatic carbocycles. The molecule has 0 N–H and O–H groups in total. The van der Waals surface area contributed by atoms with E-state index in [0.717, 1.165) is 18.4 Å². The lowest BCUT2D eigenvalue weighted by atomic mass is 9.85. The average molecular weight is 260 g/mol. The van der Waals surface area contributed by atoms with Gasteiger partial charge in [0.2, 0.25) is 0 Å². The molecule has 1 aromatic rings. The maximum absolute atomic E-state index is 11.5. The minimum absolute atomic E-state index is 0.244. The number of benzene rings is 1. The number of hydrogen-bond donors (Lipinski definition) is 0. The largest absolute Gasteiger partial charge is 0.352 e. The molecule has 3 rings (SSSR count). The van der Waals surface area contributed by atoms with Crippen molar-refractivity contribution >= 4 is 5.78 Å². The van der Waals surface area contributed by atoms with Crippen molar-refractivity contribution in [1.82, 2.24) is 0 Å². The summed E-state index contributed by atoms with van der Waals surface area (Å²) in [6, 6.07) is 10.1. The Kier molecular flexibility index (Phi) is 3.95. The van der Waals surface area contributed by atoms with Crippen LogP contribution >= 0.6 is 0 Å². The van der Waals surface area contributed by atoms with Gasteiger partial charge in [0.15, 0.2) is 0 Å². The fourth-order valence-corrected chi connectivity index (χ4v) is 3.38. The van der Waals surface area contributed by atoms with Crippen LogP contribution in [0.4, 0.5) is 0 Å². The van der Waals surface area contributed by atoms with Crippen LogP contribution in [0.1, 0.15) is 31.2 Å². The molecule has 1 aromatic carbocycles. The van der Waals surface area contributed by atoms with Crippen molar-refractivity contribution in [2.45, 2.75) is 38.4 Å². The molecule has 2 saturated carbocycles. The first-order valence-electron chi connectivity index (χ1n) is 7.08. The van der Waals surface area contributed by atoms with Gasteiger partial charge in [0.1, 0.15) is 12.6 Å². The zero-order valence-electron chi connectivity index (χ0n) is 11.1. The van der Waals surface area contributed by atoms with Crippen LogP contribution in [0, 0.1) is 11.8 Å². The van der Waals surface area contributed by atoms with Gasteiger partial charge in [-0.3, -0.25) is 4.79 Å². The highest BCUT2D eigenvalue weighted by molar-refractivity contribution is 5.80. The summed E-state index contributed by atoms with van der Waals surface area (Å²) in [5.41, 5.74) is 1.16. The second kappa shape index (κ2) is 5.85. The van der Waals surface area contributed by atoms with Crippen LogP contribution in [-0.4, -0.2) is 18.7 Å². The minimum Gasteiger partial charge on any atom is -0.352 e. The van der Waals surface area contributed by atoms with Crippen molar-refractivity contribution in [1.29, 1.82) is 0 Å². The zero-order chi connectivity index (χ0) is 13.1. The molecule has 0 radical (unpaired) electrons. The Morgan fingerprint density at radius 3 is 2.42 bits per heavy atom. The number of Topliss-reactive ketones (excluding diaryl/α,β-unsaturated/α-hetero) is 1. The summed E-state index contributed by atoms with van der Waals surface area (Å²) in [5.74, 6) is 1.29. The summed E-state index contributed by atoms with van der Waals surface area (Å²) in [6.07, 6.45) is 3.94. The summed E-state index contributed by atoms with van der Waals surface area (Å²) in [6.45, 7) is 0.919. The molecule has 0 heterocycles. The summed E-state index contributed by atoms with van der Waals surface area (Å²) >= 11 is 0. The smallest absolute Gasteiger partial charge is 0.147 e. The Hall–Kier alpha value is -1.19.